The van der Waals surface area contributed by atoms with Gasteiger partial charge in [0, 0.05) is 26.6 Å². The second-order valence-electron chi connectivity index (χ2n) is 6.50. The van der Waals surface area contributed by atoms with Crippen molar-refractivity contribution in [2.24, 2.45) is 5.92 Å². The Labute approximate surface area is 147 Å². The third kappa shape index (κ3) is 3.34. The number of ether oxygens (including phenoxy) is 2. The fraction of sp³-hybridized carbons (Fsp3) is 0.556. The minimum atomic E-state index is -0.415. The molecule has 2 aliphatic rings. The first-order valence-electron chi connectivity index (χ1n) is 8.46. The number of aliphatic hydroxyl groups is 1. The highest BCUT2D eigenvalue weighted by Gasteiger charge is 2.42. The molecule has 3 rings (SSSR count). The van der Waals surface area contributed by atoms with E-state index in [1.165, 1.54) is 0 Å². The molecule has 2 heterocycles. The summed E-state index contributed by atoms with van der Waals surface area (Å²) in [5, 5.41) is 9.55. The van der Waals surface area contributed by atoms with E-state index in [-0.39, 0.29) is 37.0 Å². The Morgan fingerprint density at radius 1 is 1.28 bits per heavy atom. The van der Waals surface area contributed by atoms with Crippen LogP contribution in [0.15, 0.2) is 24.3 Å². The van der Waals surface area contributed by atoms with Gasteiger partial charge < -0.3 is 24.4 Å². The molecule has 136 valence electrons. The zero-order valence-corrected chi connectivity index (χ0v) is 14.6. The van der Waals surface area contributed by atoms with Gasteiger partial charge in [-0.15, -0.1) is 0 Å². The van der Waals surface area contributed by atoms with Crippen LogP contribution in [0.3, 0.4) is 0 Å². The summed E-state index contributed by atoms with van der Waals surface area (Å²) in [5.41, 5.74) is 0.681. The van der Waals surface area contributed by atoms with E-state index in [0.29, 0.717) is 30.9 Å². The van der Waals surface area contributed by atoms with Crippen LogP contribution in [-0.4, -0.2) is 67.9 Å². The van der Waals surface area contributed by atoms with Crippen molar-refractivity contribution in [1.29, 1.82) is 0 Å². The van der Waals surface area contributed by atoms with Gasteiger partial charge in [0.25, 0.3) is 0 Å². The fourth-order valence-corrected chi connectivity index (χ4v) is 3.68. The van der Waals surface area contributed by atoms with Crippen LogP contribution in [0.2, 0.25) is 0 Å². The molecule has 0 bridgehead atoms. The summed E-state index contributed by atoms with van der Waals surface area (Å²) in [6.07, 6.45) is 0.724. The van der Waals surface area contributed by atoms with Crippen molar-refractivity contribution in [3.63, 3.8) is 0 Å². The van der Waals surface area contributed by atoms with Crippen molar-refractivity contribution in [3.05, 3.63) is 24.3 Å². The lowest BCUT2D eigenvalue weighted by atomic mass is 10.1. The van der Waals surface area contributed by atoms with Crippen molar-refractivity contribution >= 4 is 17.5 Å². The summed E-state index contributed by atoms with van der Waals surface area (Å²) >= 11 is 0. The number of rotatable bonds is 5. The van der Waals surface area contributed by atoms with E-state index >= 15 is 0 Å². The zero-order chi connectivity index (χ0) is 18.0. The Hall–Kier alpha value is -2.12. The molecule has 2 saturated heterocycles. The van der Waals surface area contributed by atoms with E-state index in [1.54, 1.807) is 30.1 Å². The Bertz CT molecular complexity index is 650. The van der Waals surface area contributed by atoms with Gasteiger partial charge in [0.1, 0.15) is 5.75 Å². The summed E-state index contributed by atoms with van der Waals surface area (Å²) in [6.45, 7) is 0.687. The van der Waals surface area contributed by atoms with Gasteiger partial charge in [-0.1, -0.05) is 12.1 Å². The Morgan fingerprint density at radius 2 is 2.04 bits per heavy atom. The van der Waals surface area contributed by atoms with E-state index in [0.717, 1.165) is 0 Å². The molecular formula is C18H24N2O5. The molecular weight excluding hydrogens is 324 g/mol. The van der Waals surface area contributed by atoms with Gasteiger partial charge in [0.15, 0.2) is 0 Å². The van der Waals surface area contributed by atoms with E-state index in [1.807, 2.05) is 18.2 Å². The molecule has 7 nitrogen and oxygen atoms in total. The first-order chi connectivity index (χ1) is 12.1. The van der Waals surface area contributed by atoms with Crippen LogP contribution in [0.5, 0.6) is 5.75 Å². The van der Waals surface area contributed by atoms with Crippen LogP contribution < -0.4 is 9.64 Å². The highest BCUT2D eigenvalue weighted by atomic mass is 16.5. The number of amides is 2. The van der Waals surface area contributed by atoms with Crippen LogP contribution >= 0.6 is 0 Å². The largest absolute Gasteiger partial charge is 0.495 e. The summed E-state index contributed by atoms with van der Waals surface area (Å²) in [6, 6.07) is 7.05. The lowest BCUT2D eigenvalue weighted by Crippen LogP contribution is -2.42. The Morgan fingerprint density at radius 3 is 2.72 bits per heavy atom. The highest BCUT2D eigenvalue weighted by molar-refractivity contribution is 6.01. The maximum absolute atomic E-state index is 12.9. The van der Waals surface area contributed by atoms with Crippen molar-refractivity contribution in [1.82, 2.24) is 4.90 Å². The average molecular weight is 348 g/mol. The van der Waals surface area contributed by atoms with E-state index in [2.05, 4.69) is 0 Å². The molecule has 2 fully saturated rings. The average Bonchev–Trinajstić information content (AvgIpc) is 3.24. The lowest BCUT2D eigenvalue weighted by molar-refractivity contribution is -0.137. The molecule has 1 N–H and O–H groups in total. The van der Waals surface area contributed by atoms with Gasteiger partial charge in [0.2, 0.25) is 11.8 Å². The standard InChI is InChI=1S/C18H24N2O5/c1-24-14-8-13(11-21)19(10-14)18(23)12-7-17(22)20(9-12)15-5-3-4-6-16(15)25-2/h3-6,12-14,21H,7-11H2,1-2H3/t12?,13-,14+/m0/s1. The van der Waals surface area contributed by atoms with Crippen LogP contribution in [0.1, 0.15) is 12.8 Å². The first kappa shape index (κ1) is 17.7. The van der Waals surface area contributed by atoms with Gasteiger partial charge in [-0.25, -0.2) is 0 Å². The van der Waals surface area contributed by atoms with Crippen LogP contribution in [0, 0.1) is 5.92 Å². The number of benzene rings is 1. The number of methoxy groups -OCH3 is 2. The zero-order valence-electron chi connectivity index (χ0n) is 14.6. The van der Waals surface area contributed by atoms with Gasteiger partial charge in [-0.2, -0.15) is 0 Å². The van der Waals surface area contributed by atoms with E-state index < -0.39 is 5.92 Å². The monoisotopic (exact) mass is 348 g/mol. The molecule has 3 atom stereocenters. The van der Waals surface area contributed by atoms with Crippen LogP contribution in [-0.2, 0) is 14.3 Å². The number of aliphatic hydroxyl groups excluding tert-OH is 1. The molecule has 2 amide bonds. The van der Waals surface area contributed by atoms with E-state index in [9.17, 15) is 14.7 Å². The number of nitrogens with zero attached hydrogens (tertiary/aromatic N) is 2. The maximum atomic E-state index is 12.9. The SMILES string of the molecule is COc1ccccc1N1CC(C(=O)N2C[C@H](OC)C[C@H]2CO)CC1=O. The predicted molar refractivity (Wildman–Crippen MR) is 91.5 cm³/mol. The second kappa shape index (κ2) is 7.41. The molecule has 1 aromatic rings. The second-order valence-corrected chi connectivity index (χ2v) is 6.50. The molecule has 0 aromatic heterocycles. The normalized spacial score (nSPS) is 26.4. The number of para-hydroxylation sites is 2. The summed E-state index contributed by atoms with van der Waals surface area (Å²) in [5.74, 6) is 0.00936. The lowest BCUT2D eigenvalue weighted by Gasteiger charge is -2.26. The molecule has 0 radical (unpaired) electrons. The van der Waals surface area contributed by atoms with Crippen LogP contribution in [0.25, 0.3) is 0 Å². The molecule has 0 aliphatic carbocycles. The smallest absolute Gasteiger partial charge is 0.228 e. The molecule has 2 aliphatic heterocycles. The van der Waals surface area contributed by atoms with Crippen molar-refractivity contribution in [2.75, 3.05) is 38.8 Å². The van der Waals surface area contributed by atoms with Gasteiger partial charge >= 0.3 is 0 Å². The molecule has 1 aromatic carbocycles. The number of carbonyl (C=O) groups is 2. The number of hydrogen-bond donors (Lipinski definition) is 1. The predicted octanol–water partition coefficient (Wildman–Crippen LogP) is 0.656. The topological polar surface area (TPSA) is 79.3 Å². The molecule has 0 spiro atoms. The number of anilines is 1. The number of hydrogen-bond acceptors (Lipinski definition) is 5. The third-order valence-corrected chi connectivity index (χ3v) is 5.05. The number of carbonyl (C=O) groups excluding carboxylic acids is 2. The summed E-state index contributed by atoms with van der Waals surface area (Å²) < 4.78 is 10.7. The Balaban J connectivity index is 1.75. The van der Waals surface area contributed by atoms with Crippen molar-refractivity contribution in [3.8, 4) is 5.75 Å². The molecule has 25 heavy (non-hydrogen) atoms. The summed E-state index contributed by atoms with van der Waals surface area (Å²) in [4.78, 5) is 28.6. The number of likely N-dealkylation sites (tertiary alicyclic amines) is 1. The molecule has 0 saturated carbocycles. The first-order valence-corrected chi connectivity index (χ1v) is 8.46. The highest BCUT2D eigenvalue weighted by Crippen LogP contribution is 2.34. The van der Waals surface area contributed by atoms with Crippen molar-refractivity contribution < 1.29 is 24.2 Å². The minimum Gasteiger partial charge on any atom is -0.495 e. The van der Waals surface area contributed by atoms with Gasteiger partial charge in [0.05, 0.1) is 37.5 Å². The Kier molecular flexibility index (Phi) is 5.24. The van der Waals surface area contributed by atoms with Crippen molar-refractivity contribution in [2.45, 2.75) is 25.0 Å². The summed E-state index contributed by atoms with van der Waals surface area (Å²) in [7, 11) is 3.17. The molecule has 1 unspecified atom stereocenters. The minimum absolute atomic E-state index is 0.0662. The van der Waals surface area contributed by atoms with E-state index in [4.69, 9.17) is 9.47 Å². The quantitative estimate of drug-likeness (QED) is 0.845. The fourth-order valence-electron chi connectivity index (χ4n) is 3.68. The van der Waals surface area contributed by atoms with Gasteiger partial charge in [-0.05, 0) is 18.6 Å². The maximum Gasteiger partial charge on any atom is 0.228 e. The van der Waals surface area contributed by atoms with Crippen LogP contribution in [0.4, 0.5) is 5.69 Å². The third-order valence-electron chi connectivity index (χ3n) is 5.05. The van der Waals surface area contributed by atoms with Gasteiger partial charge in [-0.3, -0.25) is 9.59 Å². The molecule has 7 heteroatoms.